The fourth-order valence-electron chi connectivity index (χ4n) is 1.68. The molecule has 1 aliphatic rings. The molecule has 2 atom stereocenters. The van der Waals surface area contributed by atoms with Crippen molar-refractivity contribution in [3.63, 3.8) is 0 Å². The number of aliphatic hydroxyl groups is 1. The fraction of sp³-hybridized carbons (Fsp3) is 0.455. The van der Waals surface area contributed by atoms with Crippen molar-refractivity contribution in [1.82, 2.24) is 5.32 Å². The van der Waals surface area contributed by atoms with E-state index in [1.165, 1.54) is 0 Å². The van der Waals surface area contributed by atoms with E-state index in [4.69, 9.17) is 21.4 Å². The van der Waals surface area contributed by atoms with Crippen LogP contribution in [0.3, 0.4) is 0 Å². The number of rotatable bonds is 2. The first-order valence-electron chi connectivity index (χ1n) is 5.01. The van der Waals surface area contributed by atoms with Crippen molar-refractivity contribution in [2.45, 2.75) is 12.1 Å². The van der Waals surface area contributed by atoms with Crippen molar-refractivity contribution < 1.29 is 9.84 Å². The summed E-state index contributed by atoms with van der Waals surface area (Å²) in [6.07, 6.45) is -0.0125. The van der Waals surface area contributed by atoms with Crippen molar-refractivity contribution in [3.05, 3.63) is 34.9 Å². The summed E-state index contributed by atoms with van der Waals surface area (Å²) in [7, 11) is 0. The van der Waals surface area contributed by atoms with E-state index in [2.05, 4.69) is 5.32 Å². The number of morpholine rings is 1. The van der Waals surface area contributed by atoms with Crippen LogP contribution in [0.4, 0.5) is 0 Å². The highest BCUT2D eigenvalue weighted by Gasteiger charge is 2.22. The van der Waals surface area contributed by atoms with Crippen LogP contribution >= 0.6 is 11.6 Å². The minimum atomic E-state index is -0.0125. The molecule has 82 valence electrons. The zero-order chi connectivity index (χ0) is 10.7. The third-order valence-electron chi connectivity index (χ3n) is 2.56. The molecule has 0 spiro atoms. The molecule has 0 aromatic heterocycles. The van der Waals surface area contributed by atoms with Crippen LogP contribution in [0.2, 0.25) is 5.02 Å². The SMILES string of the molecule is OCC1COC(c2ccccc2Cl)CN1. The van der Waals surface area contributed by atoms with Gasteiger partial charge in [0.1, 0.15) is 0 Å². The molecule has 15 heavy (non-hydrogen) atoms. The molecular weight excluding hydrogens is 214 g/mol. The van der Waals surface area contributed by atoms with E-state index in [1.807, 2.05) is 24.3 Å². The fourth-order valence-corrected chi connectivity index (χ4v) is 1.93. The minimum Gasteiger partial charge on any atom is -0.395 e. The predicted molar refractivity (Wildman–Crippen MR) is 59.0 cm³/mol. The smallest absolute Gasteiger partial charge is 0.0964 e. The van der Waals surface area contributed by atoms with E-state index < -0.39 is 0 Å². The highest BCUT2D eigenvalue weighted by Crippen LogP contribution is 2.26. The lowest BCUT2D eigenvalue weighted by Crippen LogP contribution is -2.44. The van der Waals surface area contributed by atoms with Gasteiger partial charge in [0.15, 0.2) is 0 Å². The molecule has 1 aliphatic heterocycles. The van der Waals surface area contributed by atoms with Crippen LogP contribution in [0, 0.1) is 0 Å². The molecule has 1 aromatic rings. The molecule has 0 saturated carbocycles. The van der Waals surface area contributed by atoms with Crippen molar-refractivity contribution in [2.24, 2.45) is 0 Å². The van der Waals surface area contributed by atoms with Gasteiger partial charge in [0.2, 0.25) is 0 Å². The van der Waals surface area contributed by atoms with Crippen molar-refractivity contribution in [2.75, 3.05) is 19.8 Å². The quantitative estimate of drug-likeness (QED) is 0.802. The lowest BCUT2D eigenvalue weighted by molar-refractivity contribution is -0.00947. The number of aliphatic hydroxyl groups excluding tert-OH is 1. The third-order valence-corrected chi connectivity index (χ3v) is 2.91. The summed E-state index contributed by atoms with van der Waals surface area (Å²) in [5.41, 5.74) is 1.00. The normalized spacial score (nSPS) is 26.5. The molecule has 2 N–H and O–H groups in total. The van der Waals surface area contributed by atoms with Gasteiger partial charge in [-0.2, -0.15) is 0 Å². The van der Waals surface area contributed by atoms with E-state index in [0.717, 1.165) is 10.6 Å². The highest BCUT2D eigenvalue weighted by atomic mass is 35.5. The summed E-state index contributed by atoms with van der Waals surface area (Å²) in [4.78, 5) is 0. The van der Waals surface area contributed by atoms with E-state index >= 15 is 0 Å². The Morgan fingerprint density at radius 3 is 2.87 bits per heavy atom. The van der Waals surface area contributed by atoms with Gasteiger partial charge in [0.25, 0.3) is 0 Å². The van der Waals surface area contributed by atoms with Crippen LogP contribution in [0.15, 0.2) is 24.3 Å². The van der Waals surface area contributed by atoms with Crippen molar-refractivity contribution >= 4 is 11.6 Å². The van der Waals surface area contributed by atoms with Gasteiger partial charge in [-0.05, 0) is 6.07 Å². The molecule has 1 aromatic carbocycles. The number of halogens is 1. The van der Waals surface area contributed by atoms with Crippen molar-refractivity contribution in [3.8, 4) is 0 Å². The summed E-state index contributed by atoms with van der Waals surface area (Å²) in [6.45, 7) is 1.32. The summed E-state index contributed by atoms with van der Waals surface area (Å²) in [5, 5.41) is 12.9. The van der Waals surface area contributed by atoms with Gasteiger partial charge in [0.05, 0.1) is 25.4 Å². The molecule has 0 bridgehead atoms. The van der Waals surface area contributed by atoms with Crippen LogP contribution in [-0.2, 0) is 4.74 Å². The Balaban J connectivity index is 2.04. The predicted octanol–water partition coefficient (Wildman–Crippen LogP) is 1.36. The monoisotopic (exact) mass is 227 g/mol. The van der Waals surface area contributed by atoms with Crippen molar-refractivity contribution in [1.29, 1.82) is 0 Å². The molecule has 2 unspecified atom stereocenters. The Labute approximate surface area is 94.0 Å². The average molecular weight is 228 g/mol. The lowest BCUT2D eigenvalue weighted by atomic mass is 10.1. The average Bonchev–Trinajstić information content (AvgIpc) is 2.30. The van der Waals surface area contributed by atoms with Crippen LogP contribution in [-0.4, -0.2) is 30.9 Å². The van der Waals surface area contributed by atoms with E-state index in [0.29, 0.717) is 13.2 Å². The Bertz CT molecular complexity index is 324. The Kier molecular flexibility index (Phi) is 3.59. The maximum Gasteiger partial charge on any atom is 0.0964 e. The number of hydrogen-bond acceptors (Lipinski definition) is 3. The van der Waals surface area contributed by atoms with E-state index in [1.54, 1.807) is 0 Å². The third kappa shape index (κ3) is 2.49. The summed E-state index contributed by atoms with van der Waals surface area (Å²) in [6, 6.07) is 7.72. The molecule has 0 amide bonds. The van der Waals surface area contributed by atoms with Gasteiger partial charge in [-0.1, -0.05) is 29.8 Å². The number of nitrogens with one attached hydrogen (secondary N) is 1. The molecule has 3 nitrogen and oxygen atoms in total. The van der Waals surface area contributed by atoms with Crippen LogP contribution in [0.25, 0.3) is 0 Å². The zero-order valence-electron chi connectivity index (χ0n) is 8.32. The van der Waals surface area contributed by atoms with Crippen LogP contribution in [0.1, 0.15) is 11.7 Å². The second-order valence-corrected chi connectivity index (χ2v) is 4.04. The Hall–Kier alpha value is -0.610. The standard InChI is InChI=1S/C11H14ClNO2/c12-10-4-2-1-3-9(10)11-5-13-8(6-14)7-15-11/h1-4,8,11,13-14H,5-7H2. The summed E-state index contributed by atoms with van der Waals surface area (Å²) >= 11 is 6.07. The van der Waals surface area contributed by atoms with Gasteiger partial charge in [-0.15, -0.1) is 0 Å². The first kappa shape index (κ1) is 10.9. The molecule has 0 radical (unpaired) electrons. The van der Waals surface area contributed by atoms with Crippen LogP contribution < -0.4 is 5.32 Å². The van der Waals surface area contributed by atoms with Crippen LogP contribution in [0.5, 0.6) is 0 Å². The minimum absolute atomic E-state index is 0.0125. The maximum atomic E-state index is 8.93. The second kappa shape index (κ2) is 4.94. The second-order valence-electron chi connectivity index (χ2n) is 3.63. The Morgan fingerprint density at radius 2 is 2.27 bits per heavy atom. The number of hydrogen-bond donors (Lipinski definition) is 2. The lowest BCUT2D eigenvalue weighted by Gasteiger charge is -2.29. The first-order chi connectivity index (χ1) is 7.31. The highest BCUT2D eigenvalue weighted by molar-refractivity contribution is 6.31. The largest absolute Gasteiger partial charge is 0.395 e. The van der Waals surface area contributed by atoms with Gasteiger partial charge in [-0.3, -0.25) is 0 Å². The molecular formula is C11H14ClNO2. The van der Waals surface area contributed by atoms with E-state index in [9.17, 15) is 0 Å². The molecule has 0 aliphatic carbocycles. The van der Waals surface area contributed by atoms with Gasteiger partial charge in [0, 0.05) is 17.1 Å². The molecule has 2 rings (SSSR count). The topological polar surface area (TPSA) is 41.5 Å². The van der Waals surface area contributed by atoms with Gasteiger partial charge < -0.3 is 15.2 Å². The first-order valence-corrected chi connectivity index (χ1v) is 5.39. The summed E-state index contributed by atoms with van der Waals surface area (Å²) < 4.78 is 5.64. The number of benzene rings is 1. The van der Waals surface area contributed by atoms with E-state index in [-0.39, 0.29) is 18.8 Å². The number of ether oxygens (including phenoxy) is 1. The molecule has 1 saturated heterocycles. The molecule has 1 fully saturated rings. The maximum absolute atomic E-state index is 8.93. The molecule has 1 heterocycles. The summed E-state index contributed by atoms with van der Waals surface area (Å²) in [5.74, 6) is 0. The molecule has 4 heteroatoms. The Morgan fingerprint density at radius 1 is 1.47 bits per heavy atom. The van der Waals surface area contributed by atoms with Gasteiger partial charge >= 0.3 is 0 Å². The van der Waals surface area contributed by atoms with Gasteiger partial charge in [-0.25, -0.2) is 0 Å². The zero-order valence-corrected chi connectivity index (χ0v) is 9.07.